The molecule has 4 atom stereocenters. The normalized spacial score (nSPS) is 20.9. The minimum atomic E-state index is -3.84. The van der Waals surface area contributed by atoms with Crippen molar-refractivity contribution in [3.63, 3.8) is 0 Å². The molecule has 46 heavy (non-hydrogen) atoms. The fourth-order valence-electron chi connectivity index (χ4n) is 5.39. The van der Waals surface area contributed by atoms with E-state index in [4.69, 9.17) is 32.7 Å². The van der Waals surface area contributed by atoms with Crippen molar-refractivity contribution >= 4 is 56.2 Å². The molecule has 1 aliphatic rings. The van der Waals surface area contributed by atoms with Crippen LogP contribution in [0.2, 0.25) is 10.0 Å². The minimum Gasteiger partial charge on any atom is -0.490 e. The van der Waals surface area contributed by atoms with E-state index < -0.39 is 16.1 Å². The number of amides is 1. The van der Waals surface area contributed by atoms with Gasteiger partial charge in [0, 0.05) is 37.8 Å². The van der Waals surface area contributed by atoms with Gasteiger partial charge in [0.2, 0.25) is 0 Å². The quantitative estimate of drug-likeness (QED) is 0.252. The maximum absolute atomic E-state index is 14.3. The first-order chi connectivity index (χ1) is 21.9. The topological polar surface area (TPSA) is 108 Å². The predicted molar refractivity (Wildman–Crippen MR) is 185 cm³/mol. The molecule has 252 valence electrons. The van der Waals surface area contributed by atoms with Gasteiger partial charge in [-0.15, -0.1) is 11.3 Å². The number of nitrogens with zero attached hydrogens (tertiary/aromatic N) is 2. The van der Waals surface area contributed by atoms with Gasteiger partial charge < -0.3 is 19.5 Å². The largest absolute Gasteiger partial charge is 0.490 e. The van der Waals surface area contributed by atoms with E-state index >= 15 is 0 Å². The number of carbonyl (C=O) groups excluding carboxylic acids is 1. The van der Waals surface area contributed by atoms with E-state index in [0.717, 1.165) is 36.2 Å². The highest BCUT2D eigenvalue weighted by molar-refractivity contribution is 7.94. The number of carbonyl (C=O) groups is 1. The van der Waals surface area contributed by atoms with Gasteiger partial charge in [0.05, 0.1) is 40.5 Å². The highest BCUT2D eigenvalue weighted by Crippen LogP contribution is 2.30. The van der Waals surface area contributed by atoms with Crippen molar-refractivity contribution < 1.29 is 27.8 Å². The van der Waals surface area contributed by atoms with Crippen LogP contribution in [0, 0.1) is 5.92 Å². The van der Waals surface area contributed by atoms with E-state index in [1.165, 1.54) is 12.1 Å². The zero-order chi connectivity index (χ0) is 33.4. The SMILES string of the molecule is C[C@@H]1CCCCO[C@@H](CN(C)Cc2ccc(Cl)c(Cl)c2)[C@H](C)CN([C@@H](C)CO)C(=O)c2cc(NS(=O)(=O)c3cccs3)ccc2O1. The Bertz CT molecular complexity index is 1560. The number of fused-ring (bicyclic) bond motifs is 1. The summed E-state index contributed by atoms with van der Waals surface area (Å²) in [6.07, 6.45) is 2.06. The number of ether oxygens (including phenoxy) is 2. The lowest BCUT2D eigenvalue weighted by Crippen LogP contribution is -2.47. The van der Waals surface area contributed by atoms with E-state index in [1.807, 2.05) is 33.0 Å². The summed E-state index contributed by atoms with van der Waals surface area (Å²) < 4.78 is 41.4. The summed E-state index contributed by atoms with van der Waals surface area (Å²) in [4.78, 5) is 18.1. The van der Waals surface area contributed by atoms with Crippen LogP contribution in [-0.4, -0.2) is 80.8 Å². The Morgan fingerprint density at radius 3 is 2.61 bits per heavy atom. The number of hydrogen-bond donors (Lipinski definition) is 2. The van der Waals surface area contributed by atoms with Crippen molar-refractivity contribution in [1.82, 2.24) is 9.80 Å². The lowest BCUT2D eigenvalue weighted by atomic mass is 10.0. The molecule has 0 bridgehead atoms. The summed E-state index contributed by atoms with van der Waals surface area (Å²) in [6, 6.07) is 13.0. The van der Waals surface area contributed by atoms with Gasteiger partial charge >= 0.3 is 0 Å². The summed E-state index contributed by atoms with van der Waals surface area (Å²) in [5.41, 5.74) is 1.48. The van der Waals surface area contributed by atoms with Gasteiger partial charge in [-0.1, -0.05) is 42.3 Å². The van der Waals surface area contributed by atoms with Crippen LogP contribution in [0.5, 0.6) is 5.75 Å². The molecular formula is C33H43Cl2N3O6S2. The number of anilines is 1. The molecular weight excluding hydrogens is 669 g/mol. The maximum Gasteiger partial charge on any atom is 0.271 e. The molecule has 1 amide bonds. The fraction of sp³-hybridized carbons (Fsp3) is 0.485. The second-order valence-electron chi connectivity index (χ2n) is 12.0. The number of rotatable bonds is 9. The molecule has 2 heterocycles. The zero-order valence-corrected chi connectivity index (χ0v) is 29.8. The fourth-order valence-corrected chi connectivity index (χ4v) is 7.75. The smallest absolute Gasteiger partial charge is 0.271 e. The Labute approximate surface area is 286 Å². The average Bonchev–Trinajstić information content (AvgIpc) is 3.57. The third-order valence-corrected chi connectivity index (χ3v) is 11.5. The van der Waals surface area contributed by atoms with Gasteiger partial charge in [0.1, 0.15) is 9.96 Å². The summed E-state index contributed by atoms with van der Waals surface area (Å²) >= 11 is 13.5. The van der Waals surface area contributed by atoms with Crippen LogP contribution in [0.25, 0.3) is 0 Å². The van der Waals surface area contributed by atoms with E-state index in [2.05, 4.69) is 9.62 Å². The number of likely N-dealkylation sites (N-methyl/N-ethyl adjacent to an activating group) is 1. The Balaban J connectivity index is 1.62. The number of hydrogen-bond acceptors (Lipinski definition) is 8. The van der Waals surface area contributed by atoms with Gasteiger partial charge in [0.25, 0.3) is 15.9 Å². The first-order valence-corrected chi connectivity index (χ1v) is 18.5. The van der Waals surface area contributed by atoms with Gasteiger partial charge in [-0.25, -0.2) is 8.42 Å². The van der Waals surface area contributed by atoms with Crippen molar-refractivity contribution in [2.45, 2.75) is 69.0 Å². The van der Waals surface area contributed by atoms with Crippen LogP contribution >= 0.6 is 34.5 Å². The van der Waals surface area contributed by atoms with E-state index in [-0.39, 0.29) is 46.1 Å². The number of aliphatic hydroxyl groups is 1. The molecule has 3 aromatic rings. The second kappa shape index (κ2) is 16.6. The molecule has 2 aromatic carbocycles. The first-order valence-electron chi connectivity index (χ1n) is 15.4. The van der Waals surface area contributed by atoms with Gasteiger partial charge in [-0.3, -0.25) is 14.4 Å². The Kier molecular flexibility index (Phi) is 13.2. The maximum atomic E-state index is 14.3. The van der Waals surface area contributed by atoms with Crippen LogP contribution in [-0.2, 0) is 21.3 Å². The van der Waals surface area contributed by atoms with Crippen LogP contribution in [0.15, 0.2) is 58.1 Å². The van der Waals surface area contributed by atoms with Crippen molar-refractivity contribution in [3.05, 3.63) is 75.1 Å². The monoisotopic (exact) mass is 711 g/mol. The lowest BCUT2D eigenvalue weighted by molar-refractivity contribution is -0.0177. The van der Waals surface area contributed by atoms with E-state index in [1.54, 1.807) is 41.5 Å². The second-order valence-corrected chi connectivity index (χ2v) is 15.7. The molecule has 0 aliphatic carbocycles. The standard InChI is InChI=1S/C33H43Cl2N3O6S2/c1-22-18-38(23(2)21-39)33(40)27-17-26(36-46(41,42)32-9-7-15-45-32)11-13-30(27)44-24(3)8-5-6-14-43-31(22)20-37(4)19-25-10-12-28(34)29(35)16-25/h7,9-13,15-17,22-24,31,36,39H,5-6,8,14,18-21H2,1-4H3/t22-,23+,24-,31+/m1/s1. The highest BCUT2D eigenvalue weighted by atomic mass is 35.5. The molecule has 0 radical (unpaired) electrons. The van der Waals surface area contributed by atoms with Crippen LogP contribution in [0.1, 0.15) is 56.0 Å². The van der Waals surface area contributed by atoms with Crippen molar-refractivity contribution in [3.8, 4) is 5.75 Å². The molecule has 0 unspecified atom stereocenters. The molecule has 4 rings (SSSR count). The van der Waals surface area contributed by atoms with Crippen molar-refractivity contribution in [2.24, 2.45) is 5.92 Å². The minimum absolute atomic E-state index is 0.110. The Morgan fingerprint density at radius 2 is 1.91 bits per heavy atom. The third kappa shape index (κ3) is 9.82. The van der Waals surface area contributed by atoms with Gasteiger partial charge in [0.15, 0.2) is 0 Å². The number of benzene rings is 2. The molecule has 0 saturated carbocycles. The number of halogens is 2. The molecule has 13 heteroatoms. The number of nitrogens with one attached hydrogen (secondary N) is 1. The molecule has 2 N–H and O–H groups in total. The van der Waals surface area contributed by atoms with Gasteiger partial charge in [-0.05, 0) is 87.5 Å². The average molecular weight is 713 g/mol. The summed E-state index contributed by atoms with van der Waals surface area (Å²) in [5.74, 6) is -0.112. The Hall–Kier alpha value is -2.38. The molecule has 0 fully saturated rings. The van der Waals surface area contributed by atoms with Crippen LogP contribution < -0.4 is 9.46 Å². The summed E-state index contributed by atoms with van der Waals surface area (Å²) in [6.45, 7) is 7.62. The third-order valence-electron chi connectivity index (χ3n) is 7.99. The summed E-state index contributed by atoms with van der Waals surface area (Å²) in [7, 11) is -1.82. The Morgan fingerprint density at radius 1 is 1.13 bits per heavy atom. The number of thiophene rings is 1. The van der Waals surface area contributed by atoms with E-state index in [0.29, 0.717) is 42.0 Å². The van der Waals surface area contributed by atoms with Crippen molar-refractivity contribution in [2.75, 3.05) is 38.1 Å². The number of sulfonamides is 1. The van der Waals surface area contributed by atoms with Crippen molar-refractivity contribution in [1.29, 1.82) is 0 Å². The molecule has 9 nitrogen and oxygen atoms in total. The van der Waals surface area contributed by atoms with Crippen LogP contribution in [0.3, 0.4) is 0 Å². The zero-order valence-electron chi connectivity index (χ0n) is 26.6. The van der Waals surface area contributed by atoms with Crippen LogP contribution in [0.4, 0.5) is 5.69 Å². The summed E-state index contributed by atoms with van der Waals surface area (Å²) in [5, 5.41) is 12.9. The lowest BCUT2D eigenvalue weighted by Gasteiger charge is -2.36. The molecule has 0 spiro atoms. The molecule has 1 aliphatic heterocycles. The predicted octanol–water partition coefficient (Wildman–Crippen LogP) is 6.78. The first kappa shape index (κ1) is 36.5. The number of aliphatic hydroxyl groups excluding tert-OH is 1. The molecule has 0 saturated heterocycles. The van der Waals surface area contributed by atoms with E-state index in [9.17, 15) is 18.3 Å². The highest BCUT2D eigenvalue weighted by Gasteiger charge is 2.31. The van der Waals surface area contributed by atoms with Gasteiger partial charge in [-0.2, -0.15) is 0 Å². The molecule has 1 aromatic heterocycles.